The maximum absolute atomic E-state index is 11.1. The minimum absolute atomic E-state index is 0.371. The van der Waals surface area contributed by atoms with Gasteiger partial charge in [-0.05, 0) is 85.9 Å². The minimum Gasteiger partial charge on any atom is -0.481 e. The molecule has 3 fully saturated rings. The van der Waals surface area contributed by atoms with Crippen molar-refractivity contribution in [2.24, 2.45) is 34.5 Å². The first-order valence-electron chi connectivity index (χ1n) is 11.1. The molecule has 3 aliphatic rings. The number of hydrogen-bond donors (Lipinski definition) is 1. The van der Waals surface area contributed by atoms with Crippen LogP contribution in [0.4, 0.5) is 0 Å². The predicted molar refractivity (Wildman–Crippen MR) is 104 cm³/mol. The van der Waals surface area contributed by atoms with Crippen LogP contribution in [0.5, 0.6) is 0 Å². The Morgan fingerprint density at radius 2 is 1.84 bits per heavy atom. The molecule has 3 saturated carbocycles. The lowest BCUT2D eigenvalue weighted by Gasteiger charge is -2.57. The second kappa shape index (κ2) is 7.61. The molecule has 3 aliphatic carbocycles. The maximum atomic E-state index is 11.1. The van der Waals surface area contributed by atoms with Gasteiger partial charge in [0.15, 0.2) is 0 Å². The van der Waals surface area contributed by atoms with Gasteiger partial charge in [-0.1, -0.05) is 46.5 Å². The molecule has 0 aliphatic heterocycles. The van der Waals surface area contributed by atoms with E-state index in [0.29, 0.717) is 23.2 Å². The highest BCUT2D eigenvalue weighted by Crippen LogP contribution is 2.65. The van der Waals surface area contributed by atoms with Crippen molar-refractivity contribution in [1.82, 2.24) is 0 Å². The smallest absolute Gasteiger partial charge is 0.303 e. The molecule has 2 heteroatoms. The van der Waals surface area contributed by atoms with Crippen LogP contribution in [0.2, 0.25) is 0 Å². The highest BCUT2D eigenvalue weighted by molar-refractivity contribution is 5.66. The molecule has 1 N–H and O–H groups in total. The van der Waals surface area contributed by atoms with E-state index in [4.69, 9.17) is 5.11 Å². The standard InChI is InChI=1S/C23H40O2/c1-4-5-6-14-22(2)15-7-8-18-19(22)13-16-23(3)17(9-11-20(18)23)10-12-21(24)25/h17-20H,4-16H2,1-3H3,(H,24,25). The molecular formula is C23H40O2. The second-order valence-corrected chi connectivity index (χ2v) is 10.1. The zero-order chi connectivity index (χ0) is 18.1. The van der Waals surface area contributed by atoms with Crippen molar-refractivity contribution in [2.75, 3.05) is 0 Å². The Morgan fingerprint density at radius 1 is 1.04 bits per heavy atom. The van der Waals surface area contributed by atoms with E-state index in [1.54, 1.807) is 0 Å². The molecule has 0 aromatic carbocycles. The fourth-order valence-electron chi connectivity index (χ4n) is 7.45. The van der Waals surface area contributed by atoms with Gasteiger partial charge in [0.2, 0.25) is 0 Å². The third kappa shape index (κ3) is 3.65. The zero-order valence-corrected chi connectivity index (χ0v) is 16.9. The van der Waals surface area contributed by atoms with Crippen LogP contribution in [0.15, 0.2) is 0 Å². The van der Waals surface area contributed by atoms with Gasteiger partial charge in [0, 0.05) is 6.42 Å². The van der Waals surface area contributed by atoms with Crippen LogP contribution >= 0.6 is 0 Å². The SMILES string of the molecule is CCCCCC1(C)CCCC2C1CCC1(C)C(CCC(=O)O)CCC21. The fraction of sp³-hybridized carbons (Fsp3) is 0.957. The Labute approximate surface area is 155 Å². The van der Waals surface area contributed by atoms with E-state index >= 15 is 0 Å². The van der Waals surface area contributed by atoms with Gasteiger partial charge in [-0.15, -0.1) is 0 Å². The van der Waals surface area contributed by atoms with Crippen LogP contribution in [-0.4, -0.2) is 11.1 Å². The number of unbranched alkanes of at least 4 members (excludes halogenated alkanes) is 2. The number of carboxylic acid groups (broad SMARTS) is 1. The van der Waals surface area contributed by atoms with Crippen LogP contribution < -0.4 is 0 Å². The van der Waals surface area contributed by atoms with Crippen molar-refractivity contribution in [2.45, 2.75) is 104 Å². The molecule has 25 heavy (non-hydrogen) atoms. The molecule has 6 unspecified atom stereocenters. The van der Waals surface area contributed by atoms with Crippen LogP contribution in [0.1, 0.15) is 104 Å². The van der Waals surface area contributed by atoms with Crippen molar-refractivity contribution < 1.29 is 9.90 Å². The van der Waals surface area contributed by atoms with Crippen molar-refractivity contribution in [3.63, 3.8) is 0 Å². The first-order chi connectivity index (χ1) is 11.9. The van der Waals surface area contributed by atoms with Gasteiger partial charge < -0.3 is 5.11 Å². The summed E-state index contributed by atoms with van der Waals surface area (Å²) in [6, 6.07) is 0. The summed E-state index contributed by atoms with van der Waals surface area (Å²) in [5, 5.41) is 9.11. The third-order valence-corrected chi connectivity index (χ3v) is 8.87. The van der Waals surface area contributed by atoms with E-state index < -0.39 is 5.97 Å². The molecule has 0 bridgehead atoms. The summed E-state index contributed by atoms with van der Waals surface area (Å²) in [7, 11) is 0. The van der Waals surface area contributed by atoms with Crippen molar-refractivity contribution in [1.29, 1.82) is 0 Å². The van der Waals surface area contributed by atoms with Crippen molar-refractivity contribution >= 4 is 5.97 Å². The summed E-state index contributed by atoms with van der Waals surface area (Å²) in [5.74, 6) is 2.78. The first kappa shape index (κ1) is 19.2. The van der Waals surface area contributed by atoms with E-state index in [2.05, 4.69) is 20.8 Å². The Kier molecular flexibility index (Phi) is 5.85. The molecule has 6 atom stereocenters. The maximum Gasteiger partial charge on any atom is 0.303 e. The van der Waals surface area contributed by atoms with E-state index in [0.717, 1.165) is 24.2 Å². The zero-order valence-electron chi connectivity index (χ0n) is 16.9. The van der Waals surface area contributed by atoms with E-state index in [1.807, 2.05) is 0 Å². The van der Waals surface area contributed by atoms with Crippen LogP contribution in [0.25, 0.3) is 0 Å². The van der Waals surface area contributed by atoms with Gasteiger partial charge in [-0.25, -0.2) is 0 Å². The quantitative estimate of drug-likeness (QED) is 0.521. The van der Waals surface area contributed by atoms with Crippen LogP contribution in [0.3, 0.4) is 0 Å². The topological polar surface area (TPSA) is 37.3 Å². The average molecular weight is 349 g/mol. The molecular weight excluding hydrogens is 308 g/mol. The molecule has 144 valence electrons. The molecule has 0 heterocycles. The van der Waals surface area contributed by atoms with Gasteiger partial charge in [-0.2, -0.15) is 0 Å². The van der Waals surface area contributed by atoms with Crippen LogP contribution in [0, 0.1) is 34.5 Å². The fourth-order valence-corrected chi connectivity index (χ4v) is 7.45. The van der Waals surface area contributed by atoms with Gasteiger partial charge >= 0.3 is 5.97 Å². The van der Waals surface area contributed by atoms with Crippen LogP contribution in [-0.2, 0) is 4.79 Å². The molecule has 0 radical (unpaired) electrons. The van der Waals surface area contributed by atoms with E-state index in [-0.39, 0.29) is 0 Å². The largest absolute Gasteiger partial charge is 0.481 e. The Balaban J connectivity index is 1.70. The number of hydrogen-bond acceptors (Lipinski definition) is 1. The van der Waals surface area contributed by atoms with Gasteiger partial charge in [-0.3, -0.25) is 4.79 Å². The molecule has 0 amide bonds. The second-order valence-electron chi connectivity index (χ2n) is 10.1. The summed E-state index contributed by atoms with van der Waals surface area (Å²) >= 11 is 0. The highest BCUT2D eigenvalue weighted by atomic mass is 16.4. The third-order valence-electron chi connectivity index (χ3n) is 8.87. The summed E-state index contributed by atoms with van der Waals surface area (Å²) in [5.41, 5.74) is 1.01. The molecule has 0 saturated heterocycles. The number of aliphatic carboxylic acids is 1. The molecule has 0 aromatic heterocycles. The monoisotopic (exact) mass is 348 g/mol. The normalized spacial score (nSPS) is 43.5. The van der Waals surface area contributed by atoms with Crippen molar-refractivity contribution in [3.8, 4) is 0 Å². The number of carbonyl (C=O) groups is 1. The van der Waals surface area contributed by atoms with Gasteiger partial charge in [0.1, 0.15) is 0 Å². The predicted octanol–water partition coefficient (Wildman–Crippen LogP) is 6.68. The average Bonchev–Trinajstić information content (AvgIpc) is 2.90. The summed E-state index contributed by atoms with van der Waals surface area (Å²) in [4.78, 5) is 11.1. The lowest BCUT2D eigenvalue weighted by atomic mass is 9.48. The lowest BCUT2D eigenvalue weighted by molar-refractivity contribution is -0.137. The van der Waals surface area contributed by atoms with E-state index in [1.165, 1.54) is 70.6 Å². The lowest BCUT2D eigenvalue weighted by Crippen LogP contribution is -2.48. The van der Waals surface area contributed by atoms with Gasteiger partial charge in [0.25, 0.3) is 0 Å². The Bertz CT molecular complexity index is 473. The summed E-state index contributed by atoms with van der Waals surface area (Å²) in [6.07, 6.45) is 16.6. The number of fused-ring (bicyclic) bond motifs is 3. The molecule has 0 spiro atoms. The van der Waals surface area contributed by atoms with Crippen molar-refractivity contribution in [3.05, 3.63) is 0 Å². The molecule has 2 nitrogen and oxygen atoms in total. The minimum atomic E-state index is -0.609. The molecule has 3 rings (SSSR count). The number of rotatable bonds is 7. The Morgan fingerprint density at radius 3 is 2.56 bits per heavy atom. The number of carboxylic acids is 1. The van der Waals surface area contributed by atoms with Gasteiger partial charge in [0.05, 0.1) is 0 Å². The molecule has 0 aromatic rings. The highest BCUT2D eigenvalue weighted by Gasteiger charge is 2.57. The van der Waals surface area contributed by atoms with E-state index in [9.17, 15) is 4.79 Å². The Hall–Kier alpha value is -0.530. The summed E-state index contributed by atoms with van der Waals surface area (Å²) in [6.45, 7) is 7.45. The summed E-state index contributed by atoms with van der Waals surface area (Å²) < 4.78 is 0. The first-order valence-corrected chi connectivity index (χ1v) is 11.1.